The molecule has 0 aliphatic carbocycles. The first-order valence-electron chi connectivity index (χ1n) is 2.37. The van der Waals surface area contributed by atoms with E-state index in [2.05, 4.69) is 3.98 Å². The summed E-state index contributed by atoms with van der Waals surface area (Å²) in [6, 6.07) is 1.61. The Bertz CT molecular complexity index is 231. The predicted molar refractivity (Wildman–Crippen MR) is 32.9 cm³/mol. The van der Waals surface area contributed by atoms with E-state index < -0.39 is 5.97 Å². The second kappa shape index (κ2) is 2.33. The second-order valence-corrected chi connectivity index (χ2v) is 3.75. The Morgan fingerprint density at radius 3 is 2.78 bits per heavy atom. The summed E-state index contributed by atoms with van der Waals surface area (Å²) in [5.74, 6) is -0.922. The van der Waals surface area contributed by atoms with Crippen LogP contribution >= 0.6 is 0 Å². The van der Waals surface area contributed by atoms with E-state index in [1.807, 2.05) is 6.92 Å². The molecule has 1 heterocycles. The summed E-state index contributed by atoms with van der Waals surface area (Å²) in [7, 11) is 0. The van der Waals surface area contributed by atoms with Crippen molar-refractivity contribution in [2.45, 2.75) is 6.92 Å². The van der Waals surface area contributed by atoms with Crippen LogP contribution in [0.2, 0.25) is 0 Å². The first-order chi connectivity index (χ1) is 4.20. The van der Waals surface area contributed by atoms with Gasteiger partial charge in [0.15, 0.2) is 0 Å². The summed E-state index contributed by atoms with van der Waals surface area (Å²) >= 11 is 0.0493. The molecule has 0 saturated carbocycles. The Morgan fingerprint density at radius 2 is 2.56 bits per heavy atom. The third kappa shape index (κ3) is 1.40. The van der Waals surface area contributed by atoms with Gasteiger partial charge in [0, 0.05) is 0 Å². The zero-order valence-corrected chi connectivity index (χ0v) is 6.50. The molecule has 0 fully saturated rings. The second-order valence-electron chi connectivity index (χ2n) is 1.63. The number of rotatable bonds is 1. The van der Waals surface area contributed by atoms with Crippen molar-refractivity contribution in [1.82, 2.24) is 3.98 Å². The van der Waals surface area contributed by atoms with E-state index in [1.54, 1.807) is 6.07 Å². The molecule has 0 radical (unpaired) electrons. The Morgan fingerprint density at radius 1 is 1.89 bits per heavy atom. The van der Waals surface area contributed by atoms with Gasteiger partial charge in [-0.1, -0.05) is 0 Å². The standard InChI is InChI=1S/C5H5NO2Se/c1-3-2-4(5(7)8)6-9-3/h2H,1H3,(H,7,8). The Kier molecular flexibility index (Phi) is 1.69. The normalized spacial score (nSPS) is 9.44. The first kappa shape index (κ1) is 6.52. The molecule has 0 aliphatic heterocycles. The van der Waals surface area contributed by atoms with Crippen molar-refractivity contribution in [1.29, 1.82) is 0 Å². The van der Waals surface area contributed by atoms with Crippen LogP contribution in [-0.4, -0.2) is 29.8 Å². The van der Waals surface area contributed by atoms with Crippen molar-refractivity contribution in [3.63, 3.8) is 0 Å². The molecule has 0 spiro atoms. The van der Waals surface area contributed by atoms with Crippen LogP contribution in [0.3, 0.4) is 0 Å². The van der Waals surface area contributed by atoms with Crippen molar-refractivity contribution >= 4 is 20.7 Å². The molecule has 3 nitrogen and oxygen atoms in total. The fraction of sp³-hybridized carbons (Fsp3) is 0.200. The van der Waals surface area contributed by atoms with Crippen LogP contribution in [0.25, 0.3) is 0 Å². The number of carboxylic acids is 1. The molecule has 4 heteroatoms. The number of aromatic nitrogens is 1. The van der Waals surface area contributed by atoms with Gasteiger partial charge in [-0.15, -0.1) is 0 Å². The summed E-state index contributed by atoms with van der Waals surface area (Å²) < 4.78 is 4.87. The van der Waals surface area contributed by atoms with Gasteiger partial charge in [0.25, 0.3) is 0 Å². The number of aromatic carboxylic acids is 1. The zero-order valence-electron chi connectivity index (χ0n) is 4.79. The SMILES string of the molecule is Cc1cc(C(=O)O)n[se]1. The fourth-order valence-electron chi connectivity index (χ4n) is 0.467. The number of nitrogens with zero attached hydrogens (tertiary/aromatic N) is 1. The van der Waals surface area contributed by atoms with Crippen molar-refractivity contribution in [3.8, 4) is 0 Å². The van der Waals surface area contributed by atoms with E-state index in [4.69, 9.17) is 5.11 Å². The minimum atomic E-state index is -0.922. The van der Waals surface area contributed by atoms with E-state index in [0.29, 0.717) is 0 Å². The molecule has 48 valence electrons. The molecule has 0 atom stereocenters. The molecule has 1 aromatic rings. The molecule has 0 amide bonds. The monoisotopic (exact) mass is 191 g/mol. The van der Waals surface area contributed by atoms with Crippen molar-refractivity contribution in [3.05, 3.63) is 16.2 Å². The van der Waals surface area contributed by atoms with Crippen molar-refractivity contribution < 1.29 is 9.90 Å². The molecule has 1 aromatic heterocycles. The number of carbonyl (C=O) groups is 1. The van der Waals surface area contributed by atoms with Gasteiger partial charge >= 0.3 is 57.7 Å². The predicted octanol–water partition coefficient (Wildman–Crippen LogP) is 0.145. The molecule has 0 bridgehead atoms. The van der Waals surface area contributed by atoms with Crippen LogP contribution in [0.15, 0.2) is 6.07 Å². The fourth-order valence-corrected chi connectivity index (χ4v) is 1.59. The third-order valence-electron chi connectivity index (χ3n) is 0.847. The van der Waals surface area contributed by atoms with Crippen molar-refractivity contribution in [2.75, 3.05) is 0 Å². The summed E-state index contributed by atoms with van der Waals surface area (Å²) in [5.41, 5.74) is 0.201. The van der Waals surface area contributed by atoms with Gasteiger partial charge in [0.1, 0.15) is 0 Å². The Labute approximate surface area is 58.3 Å². The van der Waals surface area contributed by atoms with Gasteiger partial charge in [0.2, 0.25) is 0 Å². The van der Waals surface area contributed by atoms with Crippen LogP contribution in [0.1, 0.15) is 14.9 Å². The van der Waals surface area contributed by atoms with Crippen LogP contribution < -0.4 is 0 Å². The maximum atomic E-state index is 10.2. The molecular weight excluding hydrogens is 185 g/mol. The van der Waals surface area contributed by atoms with Gasteiger partial charge in [-0.05, 0) is 0 Å². The van der Waals surface area contributed by atoms with Gasteiger partial charge in [-0.25, -0.2) is 0 Å². The Hall–Kier alpha value is -0.601. The van der Waals surface area contributed by atoms with Crippen LogP contribution in [0, 0.1) is 6.92 Å². The van der Waals surface area contributed by atoms with Crippen molar-refractivity contribution in [2.24, 2.45) is 0 Å². The number of hydrogen-bond acceptors (Lipinski definition) is 2. The molecule has 9 heavy (non-hydrogen) atoms. The minimum absolute atomic E-state index is 0.0493. The van der Waals surface area contributed by atoms with E-state index in [1.165, 1.54) is 0 Å². The molecule has 1 N–H and O–H groups in total. The number of carboxylic acid groups (broad SMARTS) is 1. The quantitative estimate of drug-likeness (QED) is 0.641. The summed E-state index contributed by atoms with van der Waals surface area (Å²) in [4.78, 5) is 10.2. The summed E-state index contributed by atoms with van der Waals surface area (Å²) in [5, 5.41) is 8.37. The summed E-state index contributed by atoms with van der Waals surface area (Å²) in [6.45, 7) is 1.89. The average Bonchev–Trinajstić information content (AvgIpc) is 2.14. The molecule has 0 unspecified atom stereocenters. The van der Waals surface area contributed by atoms with E-state index in [0.717, 1.165) is 4.44 Å². The zero-order chi connectivity index (χ0) is 6.85. The van der Waals surface area contributed by atoms with Crippen LogP contribution in [0.5, 0.6) is 0 Å². The molecule has 0 aromatic carbocycles. The summed E-state index contributed by atoms with van der Waals surface area (Å²) in [6.07, 6.45) is 0. The molecule has 1 rings (SSSR count). The van der Waals surface area contributed by atoms with Gasteiger partial charge in [-0.2, -0.15) is 0 Å². The van der Waals surface area contributed by atoms with Crippen LogP contribution in [-0.2, 0) is 0 Å². The van der Waals surface area contributed by atoms with Gasteiger partial charge in [-0.3, -0.25) is 0 Å². The van der Waals surface area contributed by atoms with Gasteiger partial charge in [0.05, 0.1) is 0 Å². The topological polar surface area (TPSA) is 50.2 Å². The third-order valence-corrected chi connectivity index (χ3v) is 2.30. The first-order valence-corrected chi connectivity index (χ1v) is 3.99. The van der Waals surface area contributed by atoms with Crippen LogP contribution in [0.4, 0.5) is 0 Å². The van der Waals surface area contributed by atoms with E-state index in [-0.39, 0.29) is 20.4 Å². The molecular formula is C5H5NO2Se. The molecule has 0 saturated heterocycles. The number of aryl methyl sites for hydroxylation is 1. The maximum absolute atomic E-state index is 10.2. The Balaban J connectivity index is 2.98. The van der Waals surface area contributed by atoms with E-state index >= 15 is 0 Å². The number of hydrogen-bond donors (Lipinski definition) is 1. The van der Waals surface area contributed by atoms with E-state index in [9.17, 15) is 4.79 Å². The average molecular weight is 190 g/mol. The molecule has 0 aliphatic rings. The van der Waals surface area contributed by atoms with Gasteiger partial charge < -0.3 is 0 Å².